The number of imidazole rings is 1. The lowest BCUT2D eigenvalue weighted by molar-refractivity contribution is 0.923. The standard InChI is InChI=1S/C48H30N6O/c55-47-37-17-8-7-16-36(37)42-34(22-23-39-43(42)54(47)46(49-39)29-13-5-2-6-14-29)31-21-24-41-38(27-31)35-15-9-10-18-40(35)53(41)48-51-44(28-11-3-1-4-12-28)50-45(52-48)32-20-19-30-25-33(30)26-32/h1-24,26-27,30,33H,25H2. The van der Waals surface area contributed by atoms with E-state index in [0.29, 0.717) is 40.6 Å². The van der Waals surface area contributed by atoms with Crippen LogP contribution in [-0.4, -0.2) is 28.9 Å². The van der Waals surface area contributed by atoms with Crippen molar-refractivity contribution in [1.82, 2.24) is 28.9 Å². The molecule has 0 aliphatic heterocycles. The van der Waals surface area contributed by atoms with Gasteiger partial charge in [-0.05, 0) is 65.1 Å². The highest BCUT2D eigenvalue weighted by Gasteiger charge is 2.35. The third kappa shape index (κ3) is 4.53. The van der Waals surface area contributed by atoms with Crippen LogP contribution >= 0.6 is 0 Å². The molecule has 258 valence electrons. The van der Waals surface area contributed by atoms with Gasteiger partial charge in [0.2, 0.25) is 5.95 Å². The van der Waals surface area contributed by atoms with Crippen molar-refractivity contribution in [2.24, 2.45) is 11.8 Å². The van der Waals surface area contributed by atoms with Crippen LogP contribution in [0.25, 0.3) is 94.4 Å². The van der Waals surface area contributed by atoms with E-state index in [1.54, 1.807) is 4.40 Å². The maximum absolute atomic E-state index is 14.2. The van der Waals surface area contributed by atoms with Gasteiger partial charge in [0.1, 0.15) is 5.82 Å². The number of para-hydroxylation sites is 1. The molecule has 0 bridgehead atoms. The van der Waals surface area contributed by atoms with Crippen molar-refractivity contribution < 1.29 is 0 Å². The molecule has 1 fully saturated rings. The average molecular weight is 707 g/mol. The van der Waals surface area contributed by atoms with Gasteiger partial charge >= 0.3 is 0 Å². The van der Waals surface area contributed by atoms with Crippen LogP contribution < -0.4 is 5.56 Å². The Labute approximate surface area is 314 Å². The third-order valence-electron chi connectivity index (χ3n) is 11.4. The number of pyridine rings is 1. The van der Waals surface area contributed by atoms with Crippen LogP contribution in [-0.2, 0) is 0 Å². The predicted molar refractivity (Wildman–Crippen MR) is 220 cm³/mol. The van der Waals surface area contributed by atoms with E-state index in [1.165, 1.54) is 6.42 Å². The molecule has 0 saturated heterocycles. The normalized spacial score (nSPS) is 16.4. The summed E-state index contributed by atoms with van der Waals surface area (Å²) in [6, 6.07) is 47.3. The van der Waals surface area contributed by atoms with Gasteiger partial charge in [-0.15, -0.1) is 0 Å². The van der Waals surface area contributed by atoms with Gasteiger partial charge in [0.05, 0.1) is 22.1 Å². The highest BCUT2D eigenvalue weighted by atomic mass is 16.1. The molecule has 6 aromatic carbocycles. The topological polar surface area (TPSA) is 78.0 Å². The third-order valence-corrected chi connectivity index (χ3v) is 11.4. The van der Waals surface area contributed by atoms with Crippen LogP contribution in [0, 0.1) is 11.8 Å². The number of nitrogens with zero attached hydrogens (tertiary/aromatic N) is 6. The number of fused-ring (bicyclic) bond motifs is 6. The maximum atomic E-state index is 14.2. The summed E-state index contributed by atoms with van der Waals surface area (Å²) in [6.45, 7) is 0. The summed E-state index contributed by atoms with van der Waals surface area (Å²) < 4.78 is 3.97. The Morgan fingerprint density at radius 2 is 1.27 bits per heavy atom. The summed E-state index contributed by atoms with van der Waals surface area (Å²) in [5.41, 5.74) is 8.53. The molecule has 0 amide bonds. The molecule has 4 aromatic heterocycles. The Morgan fingerprint density at radius 3 is 2.09 bits per heavy atom. The van der Waals surface area contributed by atoms with E-state index >= 15 is 0 Å². The minimum atomic E-state index is -0.0665. The van der Waals surface area contributed by atoms with Crippen molar-refractivity contribution in [2.75, 3.05) is 0 Å². The van der Waals surface area contributed by atoms with Crippen LogP contribution in [0.2, 0.25) is 0 Å². The average Bonchev–Trinajstić information content (AvgIpc) is 3.82. The van der Waals surface area contributed by atoms with Crippen LogP contribution in [0.3, 0.4) is 0 Å². The molecule has 0 N–H and O–H groups in total. The molecule has 7 heteroatoms. The summed E-state index contributed by atoms with van der Waals surface area (Å²) in [6.07, 6.45) is 7.97. The molecule has 55 heavy (non-hydrogen) atoms. The Kier molecular flexibility index (Phi) is 6.25. The van der Waals surface area contributed by atoms with E-state index in [-0.39, 0.29) is 5.56 Å². The number of rotatable bonds is 5. The lowest BCUT2D eigenvalue weighted by Gasteiger charge is -2.13. The highest BCUT2D eigenvalue weighted by Crippen LogP contribution is 2.46. The first-order valence-corrected chi connectivity index (χ1v) is 18.7. The molecule has 4 heterocycles. The summed E-state index contributed by atoms with van der Waals surface area (Å²) in [5.74, 6) is 3.75. The molecule has 0 radical (unpaired) electrons. The molecule has 12 rings (SSSR count). The zero-order valence-corrected chi connectivity index (χ0v) is 29.5. The van der Waals surface area contributed by atoms with Gasteiger partial charge in [0.25, 0.3) is 5.56 Å². The van der Waals surface area contributed by atoms with Crippen LogP contribution in [0.1, 0.15) is 12.2 Å². The van der Waals surface area contributed by atoms with Gasteiger partial charge in [-0.25, -0.2) is 9.97 Å². The number of hydrogen-bond acceptors (Lipinski definition) is 5. The molecular weight excluding hydrogens is 677 g/mol. The summed E-state index contributed by atoms with van der Waals surface area (Å²) in [7, 11) is 0. The van der Waals surface area contributed by atoms with Gasteiger partial charge in [-0.2, -0.15) is 9.97 Å². The van der Waals surface area contributed by atoms with Crippen molar-refractivity contribution >= 4 is 54.6 Å². The maximum Gasteiger partial charge on any atom is 0.264 e. The molecule has 10 aromatic rings. The molecule has 7 nitrogen and oxygen atoms in total. The molecule has 0 spiro atoms. The zero-order chi connectivity index (χ0) is 36.2. The zero-order valence-electron chi connectivity index (χ0n) is 29.5. The van der Waals surface area contributed by atoms with Crippen molar-refractivity contribution in [3.05, 3.63) is 174 Å². The Balaban J connectivity index is 1.11. The second kappa shape index (κ2) is 11.4. The minimum absolute atomic E-state index is 0.0665. The van der Waals surface area contributed by atoms with Crippen LogP contribution in [0.15, 0.2) is 163 Å². The molecule has 2 aliphatic rings. The Bertz CT molecular complexity index is 3320. The summed E-state index contributed by atoms with van der Waals surface area (Å²) >= 11 is 0. The lowest BCUT2D eigenvalue weighted by atomic mass is 9.95. The second-order valence-electron chi connectivity index (χ2n) is 14.6. The molecular formula is C48H30N6O. The molecule has 2 aliphatic carbocycles. The second-order valence-corrected chi connectivity index (χ2v) is 14.6. The van der Waals surface area contributed by atoms with E-state index in [0.717, 1.165) is 71.4 Å². The van der Waals surface area contributed by atoms with Crippen LogP contribution in [0.4, 0.5) is 0 Å². The number of allylic oxidation sites excluding steroid dienone is 4. The fourth-order valence-electron chi connectivity index (χ4n) is 8.64. The van der Waals surface area contributed by atoms with E-state index in [9.17, 15) is 4.79 Å². The quantitative estimate of drug-likeness (QED) is 0.167. The minimum Gasteiger partial charge on any atom is -0.278 e. The first-order valence-electron chi connectivity index (χ1n) is 18.7. The van der Waals surface area contributed by atoms with Crippen molar-refractivity contribution in [1.29, 1.82) is 0 Å². The number of benzene rings is 6. The van der Waals surface area contributed by atoms with Crippen molar-refractivity contribution in [3.8, 4) is 39.9 Å². The summed E-state index contributed by atoms with van der Waals surface area (Å²) in [5, 5.41) is 4.77. The number of aromatic nitrogens is 6. The Morgan fingerprint density at radius 1 is 0.564 bits per heavy atom. The smallest absolute Gasteiger partial charge is 0.264 e. The monoisotopic (exact) mass is 706 g/mol. The van der Waals surface area contributed by atoms with Gasteiger partial charge in [0, 0.05) is 38.2 Å². The lowest BCUT2D eigenvalue weighted by Crippen LogP contribution is -2.14. The molecule has 2 atom stereocenters. The molecule has 1 saturated carbocycles. The van der Waals surface area contributed by atoms with Gasteiger partial charge in [-0.1, -0.05) is 127 Å². The first-order chi connectivity index (χ1) is 27.2. The van der Waals surface area contributed by atoms with E-state index in [1.807, 2.05) is 84.9 Å². The largest absolute Gasteiger partial charge is 0.278 e. The van der Waals surface area contributed by atoms with E-state index < -0.39 is 0 Å². The number of hydrogen-bond donors (Lipinski definition) is 0. The van der Waals surface area contributed by atoms with E-state index in [2.05, 4.69) is 77.4 Å². The first kappa shape index (κ1) is 30.2. The van der Waals surface area contributed by atoms with Crippen molar-refractivity contribution in [2.45, 2.75) is 6.42 Å². The van der Waals surface area contributed by atoms with Gasteiger partial charge in [0.15, 0.2) is 11.6 Å². The molecule has 2 unspecified atom stereocenters. The fourth-order valence-corrected chi connectivity index (χ4v) is 8.64. The van der Waals surface area contributed by atoms with Gasteiger partial charge < -0.3 is 0 Å². The van der Waals surface area contributed by atoms with Crippen molar-refractivity contribution in [3.63, 3.8) is 0 Å². The SMILES string of the molecule is O=c1c2ccccc2c2c(-c3ccc4c(c3)c3ccccc3n4-c3nc(C4=CC5CC5C=C4)nc(-c4ccccc4)n3)ccc3nc(-c4ccccc4)n1c32. The van der Waals surface area contributed by atoms with Gasteiger partial charge in [-0.3, -0.25) is 13.8 Å². The summed E-state index contributed by atoms with van der Waals surface area (Å²) in [4.78, 5) is 34.6. The predicted octanol–water partition coefficient (Wildman–Crippen LogP) is 10.3. The van der Waals surface area contributed by atoms with E-state index in [4.69, 9.17) is 19.9 Å². The van der Waals surface area contributed by atoms with Crippen LogP contribution in [0.5, 0.6) is 0 Å². The Hall–Kier alpha value is -7.25. The fraction of sp³-hybridized carbons (Fsp3) is 0.0625. The highest BCUT2D eigenvalue weighted by molar-refractivity contribution is 6.19.